The monoisotopic (exact) mass is 328 g/mol. The number of hydrogen-bond donors (Lipinski definition) is 1. The van der Waals surface area contributed by atoms with Crippen molar-refractivity contribution in [3.05, 3.63) is 65.1 Å². The maximum absolute atomic E-state index is 11.8. The summed E-state index contributed by atoms with van der Waals surface area (Å²) in [5, 5.41) is 0.985. The molecule has 4 nitrogen and oxygen atoms in total. The SMILES string of the molecule is NN1C(=O)C(=Cc2ccc(Oc3ccccc3)cc2)SC1=S. The molecule has 0 aliphatic carbocycles. The zero-order valence-corrected chi connectivity index (χ0v) is 13.1. The van der Waals surface area contributed by atoms with E-state index in [0.717, 1.165) is 22.1 Å². The molecule has 1 aliphatic rings. The molecule has 110 valence electrons. The van der Waals surface area contributed by atoms with E-state index in [1.54, 1.807) is 6.08 Å². The first-order chi connectivity index (χ1) is 10.6. The van der Waals surface area contributed by atoms with E-state index < -0.39 is 0 Å². The second kappa shape index (κ2) is 6.31. The van der Waals surface area contributed by atoms with E-state index in [2.05, 4.69) is 0 Å². The highest BCUT2D eigenvalue weighted by Crippen LogP contribution is 2.31. The van der Waals surface area contributed by atoms with Crippen LogP contribution in [0.4, 0.5) is 0 Å². The Morgan fingerprint density at radius 2 is 1.68 bits per heavy atom. The van der Waals surface area contributed by atoms with Crippen molar-refractivity contribution in [1.82, 2.24) is 5.01 Å². The summed E-state index contributed by atoms with van der Waals surface area (Å²) >= 11 is 6.18. The smallest absolute Gasteiger partial charge is 0.280 e. The van der Waals surface area contributed by atoms with Crippen LogP contribution in [0.2, 0.25) is 0 Å². The Labute approximate surface area is 137 Å². The Morgan fingerprint density at radius 3 is 2.27 bits per heavy atom. The molecule has 0 unspecified atom stereocenters. The number of thiocarbonyl (C=S) groups is 1. The van der Waals surface area contributed by atoms with Gasteiger partial charge in [-0.1, -0.05) is 54.3 Å². The quantitative estimate of drug-likeness (QED) is 0.404. The van der Waals surface area contributed by atoms with Crippen molar-refractivity contribution in [2.24, 2.45) is 5.84 Å². The van der Waals surface area contributed by atoms with Gasteiger partial charge >= 0.3 is 0 Å². The molecule has 1 aliphatic heterocycles. The number of amides is 1. The van der Waals surface area contributed by atoms with Gasteiger partial charge in [-0.05, 0) is 35.9 Å². The number of carbonyl (C=O) groups excluding carboxylic acids is 1. The molecule has 1 amide bonds. The van der Waals surface area contributed by atoms with E-state index in [4.69, 9.17) is 22.8 Å². The summed E-state index contributed by atoms with van der Waals surface area (Å²) in [7, 11) is 0. The Kier molecular flexibility index (Phi) is 4.24. The van der Waals surface area contributed by atoms with Crippen LogP contribution in [0, 0.1) is 0 Å². The molecule has 0 radical (unpaired) electrons. The molecular formula is C16H12N2O2S2. The number of thioether (sulfide) groups is 1. The Bertz CT molecular complexity index is 743. The lowest BCUT2D eigenvalue weighted by atomic mass is 10.2. The third kappa shape index (κ3) is 3.19. The summed E-state index contributed by atoms with van der Waals surface area (Å²) in [5.41, 5.74) is 0.884. The number of rotatable bonds is 3. The van der Waals surface area contributed by atoms with Gasteiger partial charge in [-0.25, -0.2) is 10.9 Å². The van der Waals surface area contributed by atoms with Gasteiger partial charge in [0, 0.05) is 0 Å². The second-order valence-corrected chi connectivity index (χ2v) is 6.21. The zero-order valence-electron chi connectivity index (χ0n) is 11.4. The normalized spacial score (nSPS) is 16.4. The third-order valence-electron chi connectivity index (χ3n) is 2.98. The van der Waals surface area contributed by atoms with Crippen molar-refractivity contribution >= 4 is 40.3 Å². The summed E-state index contributed by atoms with van der Waals surface area (Å²) < 4.78 is 6.08. The fourth-order valence-electron chi connectivity index (χ4n) is 1.89. The molecule has 1 fully saturated rings. The number of nitrogens with two attached hydrogens (primary N) is 1. The average Bonchev–Trinajstić information content (AvgIpc) is 2.77. The first-order valence-electron chi connectivity index (χ1n) is 6.49. The number of para-hydroxylation sites is 1. The molecule has 2 aromatic rings. The summed E-state index contributed by atoms with van der Waals surface area (Å²) in [6, 6.07) is 17.0. The first-order valence-corrected chi connectivity index (χ1v) is 7.71. The summed E-state index contributed by atoms with van der Waals surface area (Å²) in [5.74, 6) is 6.77. The standard InChI is InChI=1S/C16H12N2O2S2/c17-18-15(19)14(22-16(18)21)10-11-6-8-13(9-7-11)20-12-4-2-1-3-5-12/h1-10H,17H2. The Balaban J connectivity index is 1.75. The molecule has 3 rings (SSSR count). The number of carbonyl (C=O) groups is 1. The van der Waals surface area contributed by atoms with Gasteiger partial charge in [0.25, 0.3) is 5.91 Å². The van der Waals surface area contributed by atoms with E-state index >= 15 is 0 Å². The van der Waals surface area contributed by atoms with Crippen molar-refractivity contribution in [2.45, 2.75) is 0 Å². The average molecular weight is 328 g/mol. The molecule has 0 atom stereocenters. The van der Waals surface area contributed by atoms with Gasteiger partial charge in [0.15, 0.2) is 4.32 Å². The lowest BCUT2D eigenvalue weighted by molar-refractivity contribution is -0.122. The summed E-state index contributed by atoms with van der Waals surface area (Å²) in [4.78, 5) is 12.3. The van der Waals surface area contributed by atoms with Crippen LogP contribution in [0.15, 0.2) is 59.5 Å². The molecule has 0 spiro atoms. The van der Waals surface area contributed by atoms with Crippen LogP contribution >= 0.6 is 24.0 Å². The lowest BCUT2D eigenvalue weighted by Crippen LogP contribution is -2.34. The van der Waals surface area contributed by atoms with Crippen LogP contribution in [0.25, 0.3) is 6.08 Å². The number of hydrogen-bond acceptors (Lipinski definition) is 5. The van der Waals surface area contributed by atoms with Crippen LogP contribution in [0.5, 0.6) is 11.5 Å². The van der Waals surface area contributed by atoms with Crippen molar-refractivity contribution in [3.63, 3.8) is 0 Å². The highest BCUT2D eigenvalue weighted by molar-refractivity contribution is 8.26. The Morgan fingerprint density at radius 1 is 1.05 bits per heavy atom. The number of nitrogens with zero attached hydrogens (tertiary/aromatic N) is 1. The van der Waals surface area contributed by atoms with E-state index in [9.17, 15) is 4.79 Å². The van der Waals surface area contributed by atoms with Gasteiger partial charge in [-0.15, -0.1) is 0 Å². The maximum atomic E-state index is 11.8. The first kappa shape index (κ1) is 14.8. The lowest BCUT2D eigenvalue weighted by Gasteiger charge is -2.05. The molecular weight excluding hydrogens is 316 g/mol. The van der Waals surface area contributed by atoms with Crippen molar-refractivity contribution in [3.8, 4) is 11.5 Å². The topological polar surface area (TPSA) is 55.6 Å². The van der Waals surface area contributed by atoms with E-state index in [0.29, 0.717) is 9.23 Å². The molecule has 22 heavy (non-hydrogen) atoms. The second-order valence-electron chi connectivity index (χ2n) is 4.54. The highest BCUT2D eigenvalue weighted by Gasteiger charge is 2.29. The van der Waals surface area contributed by atoms with Crippen LogP contribution in [-0.4, -0.2) is 15.2 Å². The van der Waals surface area contributed by atoms with Crippen molar-refractivity contribution in [2.75, 3.05) is 0 Å². The molecule has 6 heteroatoms. The van der Waals surface area contributed by atoms with Gasteiger partial charge in [-0.2, -0.15) is 0 Å². The van der Waals surface area contributed by atoms with Crippen LogP contribution < -0.4 is 10.6 Å². The van der Waals surface area contributed by atoms with Gasteiger partial charge < -0.3 is 4.74 Å². The van der Waals surface area contributed by atoms with E-state index in [-0.39, 0.29) is 5.91 Å². The predicted molar refractivity (Wildman–Crippen MR) is 92.2 cm³/mol. The maximum Gasteiger partial charge on any atom is 0.280 e. The minimum Gasteiger partial charge on any atom is -0.457 e. The van der Waals surface area contributed by atoms with Crippen molar-refractivity contribution in [1.29, 1.82) is 0 Å². The Hall–Kier alpha value is -2.15. The van der Waals surface area contributed by atoms with Gasteiger partial charge in [0.05, 0.1) is 4.91 Å². The number of hydrazine groups is 1. The van der Waals surface area contributed by atoms with Crippen LogP contribution in [0.3, 0.4) is 0 Å². The number of ether oxygens (including phenoxy) is 1. The van der Waals surface area contributed by atoms with E-state index in [1.807, 2.05) is 54.6 Å². The number of benzene rings is 2. The molecule has 0 aromatic heterocycles. The minimum atomic E-state index is -0.278. The third-order valence-corrected chi connectivity index (χ3v) is 4.31. The van der Waals surface area contributed by atoms with Gasteiger partial charge in [0.1, 0.15) is 11.5 Å². The van der Waals surface area contributed by atoms with E-state index in [1.165, 1.54) is 11.8 Å². The summed E-state index contributed by atoms with van der Waals surface area (Å²) in [6.07, 6.45) is 1.76. The highest BCUT2D eigenvalue weighted by atomic mass is 32.2. The van der Waals surface area contributed by atoms with Crippen LogP contribution in [0.1, 0.15) is 5.56 Å². The van der Waals surface area contributed by atoms with Gasteiger partial charge in [0.2, 0.25) is 0 Å². The van der Waals surface area contributed by atoms with Gasteiger partial charge in [-0.3, -0.25) is 4.79 Å². The molecule has 1 heterocycles. The predicted octanol–water partition coefficient (Wildman–Crippen LogP) is 3.55. The fraction of sp³-hybridized carbons (Fsp3) is 0. The van der Waals surface area contributed by atoms with Crippen LogP contribution in [-0.2, 0) is 4.79 Å². The molecule has 1 saturated heterocycles. The van der Waals surface area contributed by atoms with Crippen molar-refractivity contribution < 1.29 is 9.53 Å². The zero-order chi connectivity index (χ0) is 15.5. The molecule has 0 saturated carbocycles. The summed E-state index contributed by atoms with van der Waals surface area (Å²) in [6.45, 7) is 0. The molecule has 0 bridgehead atoms. The fourth-order valence-corrected chi connectivity index (χ4v) is 2.99. The molecule has 2 N–H and O–H groups in total. The molecule has 2 aromatic carbocycles. The largest absolute Gasteiger partial charge is 0.457 e. The minimum absolute atomic E-state index is 0.278.